The molecule has 0 saturated carbocycles. The van der Waals surface area contributed by atoms with Crippen molar-refractivity contribution in [2.75, 3.05) is 0 Å². The number of ketones is 1. The second-order valence-electron chi connectivity index (χ2n) is 5.55. The molecule has 1 heterocycles. The van der Waals surface area contributed by atoms with E-state index in [1.165, 1.54) is 47.7 Å². The van der Waals surface area contributed by atoms with Gasteiger partial charge in [0, 0.05) is 21.5 Å². The first-order valence-electron chi connectivity index (χ1n) is 7.96. The molecule has 0 aliphatic carbocycles. The van der Waals surface area contributed by atoms with Gasteiger partial charge in [-0.1, -0.05) is 22.0 Å². The summed E-state index contributed by atoms with van der Waals surface area (Å²) in [5.41, 5.74) is 0.230. The van der Waals surface area contributed by atoms with Gasteiger partial charge in [-0.05, 0) is 53.9 Å². The zero-order valence-electron chi connectivity index (χ0n) is 14.2. The molecule has 0 saturated heterocycles. The largest absolute Gasteiger partial charge is 0.422 e. The Bertz CT molecular complexity index is 1060. The van der Waals surface area contributed by atoms with Crippen LogP contribution in [-0.4, -0.2) is 16.7 Å². The predicted octanol–water partition coefficient (Wildman–Crippen LogP) is 5.53. The number of thiophene rings is 1. The Balaban J connectivity index is 1.82. The van der Waals surface area contributed by atoms with Crippen LogP contribution in [0.25, 0.3) is 6.08 Å². The maximum Gasteiger partial charge on any atom is 0.343 e. The van der Waals surface area contributed by atoms with E-state index >= 15 is 0 Å². The number of hydrogen-bond acceptors (Lipinski definition) is 6. The third-order valence-corrected chi connectivity index (χ3v) is 5.00. The summed E-state index contributed by atoms with van der Waals surface area (Å²) < 4.78 is 6.03. The number of carbonyl (C=O) groups is 2. The molecule has 140 valence electrons. The normalized spacial score (nSPS) is 10.8. The van der Waals surface area contributed by atoms with Gasteiger partial charge in [-0.15, -0.1) is 11.3 Å². The fourth-order valence-electron chi connectivity index (χ4n) is 2.30. The first kappa shape index (κ1) is 19.7. The van der Waals surface area contributed by atoms with Gasteiger partial charge in [0.1, 0.15) is 5.75 Å². The standard InChI is InChI=1S/C20H12BrNO5S/c21-14-5-10-19(17(12-14)18(23)9-8-16-2-1-11-28-16)27-20(24)13-3-6-15(7-4-13)22(25)26/h1-12H. The van der Waals surface area contributed by atoms with Gasteiger partial charge in [-0.3, -0.25) is 14.9 Å². The second kappa shape index (κ2) is 8.73. The number of rotatable bonds is 6. The van der Waals surface area contributed by atoms with E-state index in [9.17, 15) is 19.7 Å². The SMILES string of the molecule is O=C(Oc1ccc(Br)cc1C(=O)C=Cc1cccs1)c1ccc([N+](=O)[O-])cc1. The quantitative estimate of drug-likeness (QED) is 0.121. The Morgan fingerprint density at radius 2 is 1.86 bits per heavy atom. The molecule has 0 spiro atoms. The van der Waals surface area contributed by atoms with Gasteiger partial charge in [0.05, 0.1) is 16.1 Å². The number of nitro groups is 1. The minimum absolute atomic E-state index is 0.104. The summed E-state index contributed by atoms with van der Waals surface area (Å²) in [7, 11) is 0. The Morgan fingerprint density at radius 1 is 1.11 bits per heavy atom. The highest BCUT2D eigenvalue weighted by atomic mass is 79.9. The van der Waals surface area contributed by atoms with E-state index in [4.69, 9.17) is 4.74 Å². The number of esters is 1. The van der Waals surface area contributed by atoms with Crippen molar-refractivity contribution >= 4 is 50.8 Å². The maximum absolute atomic E-state index is 12.6. The van der Waals surface area contributed by atoms with Gasteiger partial charge < -0.3 is 4.74 Å². The highest BCUT2D eigenvalue weighted by molar-refractivity contribution is 9.10. The number of benzene rings is 2. The van der Waals surface area contributed by atoms with Crippen LogP contribution in [0.1, 0.15) is 25.6 Å². The first-order chi connectivity index (χ1) is 13.4. The molecule has 2 aromatic carbocycles. The smallest absolute Gasteiger partial charge is 0.343 e. The average Bonchev–Trinajstić information content (AvgIpc) is 3.21. The Kier molecular flexibility index (Phi) is 6.13. The minimum atomic E-state index is -0.714. The molecule has 8 heteroatoms. The number of carbonyl (C=O) groups excluding carboxylic acids is 2. The van der Waals surface area contributed by atoms with Crippen LogP contribution in [0, 0.1) is 10.1 Å². The van der Waals surface area contributed by atoms with Crippen LogP contribution in [0.2, 0.25) is 0 Å². The summed E-state index contributed by atoms with van der Waals surface area (Å²) in [6.45, 7) is 0. The van der Waals surface area contributed by atoms with Crippen LogP contribution in [0.4, 0.5) is 5.69 Å². The molecule has 0 fully saturated rings. The fraction of sp³-hybridized carbons (Fsp3) is 0. The van der Waals surface area contributed by atoms with Gasteiger partial charge >= 0.3 is 5.97 Å². The molecule has 0 amide bonds. The molecule has 0 aliphatic heterocycles. The van der Waals surface area contributed by atoms with Crippen molar-refractivity contribution in [1.29, 1.82) is 0 Å². The van der Waals surface area contributed by atoms with Crippen LogP contribution >= 0.6 is 27.3 Å². The zero-order chi connectivity index (χ0) is 20.1. The number of halogens is 1. The number of nitrogens with zero attached hydrogens (tertiary/aromatic N) is 1. The van der Waals surface area contributed by atoms with Crippen molar-refractivity contribution in [3.63, 3.8) is 0 Å². The van der Waals surface area contributed by atoms with Crippen molar-refractivity contribution in [2.24, 2.45) is 0 Å². The lowest BCUT2D eigenvalue weighted by atomic mass is 10.1. The maximum atomic E-state index is 12.6. The molecule has 0 radical (unpaired) electrons. The van der Waals surface area contributed by atoms with E-state index in [0.717, 1.165) is 4.88 Å². The summed E-state index contributed by atoms with van der Waals surface area (Å²) in [6, 6.07) is 13.5. The van der Waals surface area contributed by atoms with Crippen LogP contribution in [0.15, 0.2) is 70.5 Å². The van der Waals surface area contributed by atoms with E-state index in [1.807, 2.05) is 17.5 Å². The molecule has 0 bridgehead atoms. The second-order valence-corrected chi connectivity index (χ2v) is 7.44. The van der Waals surface area contributed by atoms with E-state index in [2.05, 4.69) is 15.9 Å². The van der Waals surface area contributed by atoms with Crippen molar-refractivity contribution in [3.05, 3.63) is 96.6 Å². The molecule has 28 heavy (non-hydrogen) atoms. The zero-order valence-corrected chi connectivity index (χ0v) is 16.6. The number of non-ortho nitro benzene ring substituents is 1. The molecule has 3 rings (SSSR count). The monoisotopic (exact) mass is 457 g/mol. The highest BCUT2D eigenvalue weighted by Crippen LogP contribution is 2.26. The van der Waals surface area contributed by atoms with Crippen LogP contribution < -0.4 is 4.74 Å². The topological polar surface area (TPSA) is 86.5 Å². The number of allylic oxidation sites excluding steroid dienone is 1. The van der Waals surface area contributed by atoms with Gasteiger partial charge in [-0.25, -0.2) is 4.79 Å². The lowest BCUT2D eigenvalue weighted by Crippen LogP contribution is -2.11. The van der Waals surface area contributed by atoms with Gasteiger partial charge in [0.25, 0.3) is 5.69 Å². The molecular weight excluding hydrogens is 446 g/mol. The Hall–Kier alpha value is -3.10. The molecule has 0 aliphatic rings. The number of hydrogen-bond donors (Lipinski definition) is 0. The molecular formula is C20H12BrNO5S. The number of ether oxygens (including phenoxy) is 1. The van der Waals surface area contributed by atoms with E-state index in [0.29, 0.717) is 4.47 Å². The Labute approximate surface area is 172 Å². The summed E-state index contributed by atoms with van der Waals surface area (Å²) in [4.78, 5) is 36.0. The summed E-state index contributed by atoms with van der Waals surface area (Å²) >= 11 is 4.81. The van der Waals surface area contributed by atoms with Gasteiger partial charge in [-0.2, -0.15) is 0 Å². The average molecular weight is 458 g/mol. The fourth-order valence-corrected chi connectivity index (χ4v) is 3.27. The predicted molar refractivity (Wildman–Crippen MR) is 110 cm³/mol. The van der Waals surface area contributed by atoms with E-state index < -0.39 is 10.9 Å². The van der Waals surface area contributed by atoms with Crippen LogP contribution in [0.5, 0.6) is 5.75 Å². The molecule has 0 N–H and O–H groups in total. The van der Waals surface area contributed by atoms with E-state index in [-0.39, 0.29) is 28.3 Å². The minimum Gasteiger partial charge on any atom is -0.422 e. The molecule has 6 nitrogen and oxygen atoms in total. The van der Waals surface area contributed by atoms with Crippen molar-refractivity contribution < 1.29 is 19.2 Å². The van der Waals surface area contributed by atoms with Crippen molar-refractivity contribution in [1.82, 2.24) is 0 Å². The van der Waals surface area contributed by atoms with Gasteiger partial charge in [0.15, 0.2) is 5.78 Å². The van der Waals surface area contributed by atoms with E-state index in [1.54, 1.807) is 18.2 Å². The third kappa shape index (κ3) is 4.79. The summed E-state index contributed by atoms with van der Waals surface area (Å²) in [5.74, 6) is -0.929. The van der Waals surface area contributed by atoms with Gasteiger partial charge in [0.2, 0.25) is 0 Å². The summed E-state index contributed by atoms with van der Waals surface area (Å²) in [6.07, 6.45) is 3.10. The lowest BCUT2D eigenvalue weighted by Gasteiger charge is -2.09. The first-order valence-corrected chi connectivity index (χ1v) is 9.63. The van der Waals surface area contributed by atoms with Crippen molar-refractivity contribution in [2.45, 2.75) is 0 Å². The van der Waals surface area contributed by atoms with Crippen LogP contribution in [-0.2, 0) is 0 Å². The van der Waals surface area contributed by atoms with Crippen LogP contribution in [0.3, 0.4) is 0 Å². The lowest BCUT2D eigenvalue weighted by molar-refractivity contribution is -0.384. The molecule has 3 aromatic rings. The molecule has 0 unspecified atom stereocenters. The summed E-state index contributed by atoms with van der Waals surface area (Å²) in [5, 5.41) is 12.6. The van der Waals surface area contributed by atoms with Crippen molar-refractivity contribution in [3.8, 4) is 5.75 Å². The third-order valence-electron chi connectivity index (χ3n) is 3.67. The molecule has 1 aromatic heterocycles. The Morgan fingerprint density at radius 3 is 2.50 bits per heavy atom. The highest BCUT2D eigenvalue weighted by Gasteiger charge is 2.17. The number of nitro benzene ring substituents is 1. The molecule has 0 atom stereocenters.